The second-order valence-corrected chi connectivity index (χ2v) is 8.37. The number of ether oxygens (including phenoxy) is 1. The minimum atomic E-state index is -0.0547. The van der Waals surface area contributed by atoms with E-state index in [-0.39, 0.29) is 11.8 Å². The van der Waals surface area contributed by atoms with Gasteiger partial charge in [0.05, 0.1) is 18.7 Å². The van der Waals surface area contributed by atoms with Gasteiger partial charge in [-0.1, -0.05) is 48.5 Å². The summed E-state index contributed by atoms with van der Waals surface area (Å²) in [6.07, 6.45) is 8.62. The van der Waals surface area contributed by atoms with Crippen molar-refractivity contribution in [3.63, 3.8) is 0 Å². The topological polar surface area (TPSA) is 40.6 Å². The lowest BCUT2D eigenvalue weighted by molar-refractivity contribution is 0.133. The standard InChI is InChI=1S/C28H27N3O/c1-21-18-25(28(20-29)30-2)19-27(32-21)13-10-22-8-11-26(12-9-22)31-16-14-24(15-17-31)23-6-4-3-5-7-23/h3-13,19,21,24H,14-18H2,1H3. The number of allylic oxidation sites excluding steroid dienone is 3. The van der Waals surface area contributed by atoms with Crippen molar-refractivity contribution in [2.45, 2.75) is 38.2 Å². The highest BCUT2D eigenvalue weighted by atomic mass is 16.5. The Morgan fingerprint density at radius 1 is 1.09 bits per heavy atom. The molecular formula is C28H27N3O. The molecule has 0 spiro atoms. The van der Waals surface area contributed by atoms with Crippen LogP contribution in [0, 0.1) is 17.9 Å². The monoisotopic (exact) mass is 421 g/mol. The van der Waals surface area contributed by atoms with Gasteiger partial charge in [-0.15, -0.1) is 0 Å². The van der Waals surface area contributed by atoms with Gasteiger partial charge in [-0.25, -0.2) is 10.1 Å². The number of rotatable bonds is 4. The molecule has 160 valence electrons. The predicted molar refractivity (Wildman–Crippen MR) is 129 cm³/mol. The molecule has 4 rings (SSSR count). The average molecular weight is 422 g/mol. The number of hydrogen-bond donors (Lipinski definition) is 0. The summed E-state index contributed by atoms with van der Waals surface area (Å²) in [6, 6.07) is 21.4. The number of piperidine rings is 1. The van der Waals surface area contributed by atoms with Crippen molar-refractivity contribution in [3.05, 3.63) is 106 Å². The molecule has 2 aromatic rings. The molecule has 2 aromatic carbocycles. The van der Waals surface area contributed by atoms with Crippen molar-refractivity contribution in [3.8, 4) is 6.07 Å². The van der Waals surface area contributed by atoms with Crippen LogP contribution in [0.25, 0.3) is 10.9 Å². The maximum Gasteiger partial charge on any atom is 0.265 e. The van der Waals surface area contributed by atoms with E-state index in [4.69, 9.17) is 16.6 Å². The molecule has 32 heavy (non-hydrogen) atoms. The fraction of sp³-hybridized carbons (Fsp3) is 0.286. The van der Waals surface area contributed by atoms with E-state index in [1.54, 1.807) is 6.08 Å². The summed E-state index contributed by atoms with van der Waals surface area (Å²) in [7, 11) is 0. The molecule has 0 N–H and O–H groups in total. The molecule has 2 aliphatic heterocycles. The summed E-state index contributed by atoms with van der Waals surface area (Å²) in [6.45, 7) is 11.3. The van der Waals surface area contributed by atoms with E-state index in [0.717, 1.165) is 24.2 Å². The van der Waals surface area contributed by atoms with Gasteiger partial charge in [-0.2, -0.15) is 0 Å². The van der Waals surface area contributed by atoms with E-state index >= 15 is 0 Å². The fourth-order valence-corrected chi connectivity index (χ4v) is 4.44. The molecule has 0 radical (unpaired) electrons. The highest BCUT2D eigenvalue weighted by Gasteiger charge is 2.20. The Morgan fingerprint density at radius 2 is 1.81 bits per heavy atom. The van der Waals surface area contributed by atoms with E-state index in [1.807, 2.05) is 25.1 Å². The maximum atomic E-state index is 9.15. The number of anilines is 1. The fourth-order valence-electron chi connectivity index (χ4n) is 4.44. The van der Waals surface area contributed by atoms with Crippen molar-refractivity contribution in [1.29, 1.82) is 5.26 Å². The van der Waals surface area contributed by atoms with Crippen LogP contribution in [0.5, 0.6) is 0 Å². The van der Waals surface area contributed by atoms with Crippen molar-refractivity contribution < 1.29 is 4.74 Å². The Morgan fingerprint density at radius 3 is 2.47 bits per heavy atom. The largest absolute Gasteiger partial charge is 0.490 e. The van der Waals surface area contributed by atoms with Crippen LogP contribution in [-0.2, 0) is 4.74 Å². The number of nitrogens with zero attached hydrogens (tertiary/aromatic N) is 3. The lowest BCUT2D eigenvalue weighted by Crippen LogP contribution is -2.32. The molecule has 0 aliphatic carbocycles. The molecule has 1 saturated heterocycles. The SMILES string of the molecule is [C-]#[N+]C(C#N)=C1C=C(C=Cc2ccc(N3CCC(c4ccccc4)CC3)cc2)OC(C)C1. The summed E-state index contributed by atoms with van der Waals surface area (Å²) < 4.78 is 5.86. The zero-order chi connectivity index (χ0) is 22.3. The Balaban J connectivity index is 1.39. The Labute approximate surface area is 190 Å². The molecule has 1 unspecified atom stereocenters. The van der Waals surface area contributed by atoms with Gasteiger partial charge in [0.2, 0.25) is 0 Å². The van der Waals surface area contributed by atoms with Crippen LogP contribution in [-0.4, -0.2) is 19.2 Å². The van der Waals surface area contributed by atoms with E-state index < -0.39 is 0 Å². The van der Waals surface area contributed by atoms with Gasteiger partial charge in [0.15, 0.2) is 0 Å². The third-order valence-corrected chi connectivity index (χ3v) is 6.15. The molecular weight excluding hydrogens is 394 g/mol. The second-order valence-electron chi connectivity index (χ2n) is 8.37. The van der Waals surface area contributed by atoms with Crippen LogP contribution in [0.1, 0.15) is 43.2 Å². The van der Waals surface area contributed by atoms with E-state index in [1.165, 1.54) is 24.1 Å². The van der Waals surface area contributed by atoms with Crippen LogP contribution < -0.4 is 4.90 Å². The van der Waals surface area contributed by atoms with Gasteiger partial charge >= 0.3 is 0 Å². The lowest BCUT2D eigenvalue weighted by atomic mass is 9.89. The van der Waals surface area contributed by atoms with E-state index in [0.29, 0.717) is 18.1 Å². The summed E-state index contributed by atoms with van der Waals surface area (Å²) in [5, 5.41) is 9.15. The first-order chi connectivity index (χ1) is 15.7. The Kier molecular flexibility index (Phi) is 6.73. The molecule has 2 heterocycles. The van der Waals surface area contributed by atoms with Crippen molar-refractivity contribution in [2.75, 3.05) is 18.0 Å². The highest BCUT2D eigenvalue weighted by Crippen LogP contribution is 2.31. The summed E-state index contributed by atoms with van der Waals surface area (Å²) >= 11 is 0. The molecule has 1 atom stereocenters. The molecule has 1 fully saturated rings. The molecule has 0 amide bonds. The van der Waals surface area contributed by atoms with Crippen LogP contribution in [0.2, 0.25) is 0 Å². The number of benzene rings is 2. The first kappa shape index (κ1) is 21.5. The van der Waals surface area contributed by atoms with Crippen molar-refractivity contribution >= 4 is 11.8 Å². The minimum absolute atomic E-state index is 0.0547. The molecule has 2 aliphatic rings. The number of hydrogen-bond acceptors (Lipinski definition) is 3. The Bertz CT molecular complexity index is 1090. The summed E-state index contributed by atoms with van der Waals surface area (Å²) in [5.74, 6) is 1.34. The first-order valence-electron chi connectivity index (χ1n) is 11.1. The second kappa shape index (κ2) is 10.0. The molecule has 4 nitrogen and oxygen atoms in total. The molecule has 0 saturated carbocycles. The summed E-state index contributed by atoms with van der Waals surface area (Å²) in [5.41, 5.74) is 4.70. The smallest absolute Gasteiger partial charge is 0.265 e. The summed E-state index contributed by atoms with van der Waals surface area (Å²) in [4.78, 5) is 5.80. The number of nitriles is 1. The van der Waals surface area contributed by atoms with Crippen LogP contribution >= 0.6 is 0 Å². The zero-order valence-electron chi connectivity index (χ0n) is 18.4. The molecule has 0 aromatic heterocycles. The first-order valence-corrected chi connectivity index (χ1v) is 11.1. The van der Waals surface area contributed by atoms with Gasteiger partial charge in [0.1, 0.15) is 5.76 Å². The van der Waals surface area contributed by atoms with Crippen LogP contribution in [0.4, 0.5) is 5.69 Å². The molecule has 4 heteroatoms. The van der Waals surface area contributed by atoms with E-state index in [2.05, 4.69) is 64.3 Å². The van der Waals surface area contributed by atoms with Gasteiger partial charge in [0.25, 0.3) is 5.70 Å². The normalized spacial score (nSPS) is 20.8. The zero-order valence-corrected chi connectivity index (χ0v) is 18.4. The van der Waals surface area contributed by atoms with Gasteiger partial charge < -0.3 is 9.64 Å². The van der Waals surface area contributed by atoms with Gasteiger partial charge in [-0.05, 0) is 66.7 Å². The van der Waals surface area contributed by atoms with Gasteiger partial charge in [-0.3, -0.25) is 0 Å². The third-order valence-electron chi connectivity index (χ3n) is 6.15. The quantitative estimate of drug-likeness (QED) is 0.419. The third kappa shape index (κ3) is 5.10. The maximum absolute atomic E-state index is 9.15. The highest BCUT2D eigenvalue weighted by molar-refractivity contribution is 5.58. The van der Waals surface area contributed by atoms with Crippen molar-refractivity contribution in [1.82, 2.24) is 0 Å². The van der Waals surface area contributed by atoms with Crippen molar-refractivity contribution in [2.24, 2.45) is 0 Å². The minimum Gasteiger partial charge on any atom is -0.490 e. The average Bonchev–Trinajstić information content (AvgIpc) is 2.84. The predicted octanol–water partition coefficient (Wildman–Crippen LogP) is 6.47. The van der Waals surface area contributed by atoms with Crippen LogP contribution in [0.3, 0.4) is 0 Å². The Hall–Kier alpha value is -3.76. The van der Waals surface area contributed by atoms with Crippen LogP contribution in [0.15, 0.2) is 83.8 Å². The molecule has 0 bridgehead atoms. The van der Waals surface area contributed by atoms with E-state index in [9.17, 15) is 0 Å². The van der Waals surface area contributed by atoms with Gasteiger partial charge in [0, 0.05) is 25.2 Å². The lowest BCUT2D eigenvalue weighted by Gasteiger charge is -2.34.